The normalized spacial score (nSPS) is 11.0. The molecule has 0 aliphatic heterocycles. The van der Waals surface area contributed by atoms with E-state index < -0.39 is 11.6 Å². The number of halogens is 2. The number of benzene rings is 1. The van der Waals surface area contributed by atoms with Crippen molar-refractivity contribution in [2.24, 2.45) is 5.73 Å². The molecule has 0 saturated heterocycles. The van der Waals surface area contributed by atoms with Gasteiger partial charge >= 0.3 is 0 Å². The maximum absolute atomic E-state index is 12.7. The summed E-state index contributed by atoms with van der Waals surface area (Å²) in [5.41, 5.74) is 6.70. The van der Waals surface area contributed by atoms with E-state index in [9.17, 15) is 8.78 Å². The molecule has 3 N–H and O–H groups in total. The zero-order chi connectivity index (χ0) is 9.42. The van der Waals surface area contributed by atoms with Crippen LogP contribution in [0.15, 0.2) is 18.2 Å². The maximum Gasteiger partial charge on any atom is 0.160 e. The summed E-state index contributed by atoms with van der Waals surface area (Å²) in [6, 6.07) is 3.99. The van der Waals surface area contributed by atoms with Crippen molar-refractivity contribution in [3.05, 3.63) is 35.5 Å². The van der Waals surface area contributed by atoms with Crippen LogP contribution in [0.1, 0.15) is 5.69 Å². The largest absolute Gasteiger partial charge is 0.357 e. The van der Waals surface area contributed by atoms with Crippen molar-refractivity contribution in [1.82, 2.24) is 4.98 Å². The highest BCUT2D eigenvalue weighted by atomic mass is 19.2. The fourth-order valence-corrected chi connectivity index (χ4v) is 1.30. The molecule has 0 saturated carbocycles. The number of hydrogen-bond acceptors (Lipinski definition) is 1. The van der Waals surface area contributed by atoms with E-state index >= 15 is 0 Å². The van der Waals surface area contributed by atoms with Gasteiger partial charge in [0.25, 0.3) is 0 Å². The number of rotatable bonds is 1. The third-order valence-corrected chi connectivity index (χ3v) is 1.94. The molecule has 0 bridgehead atoms. The van der Waals surface area contributed by atoms with Crippen LogP contribution in [0.25, 0.3) is 10.9 Å². The van der Waals surface area contributed by atoms with E-state index in [1.54, 1.807) is 6.07 Å². The predicted octanol–water partition coefficient (Wildman–Crippen LogP) is 1.90. The van der Waals surface area contributed by atoms with Crippen molar-refractivity contribution in [1.29, 1.82) is 0 Å². The summed E-state index contributed by atoms with van der Waals surface area (Å²) in [6.07, 6.45) is 0. The van der Waals surface area contributed by atoms with Gasteiger partial charge in [0.15, 0.2) is 11.6 Å². The van der Waals surface area contributed by atoms with Crippen LogP contribution >= 0.6 is 0 Å². The minimum Gasteiger partial charge on any atom is -0.357 e. The predicted molar refractivity (Wildman–Crippen MR) is 46.1 cm³/mol. The highest BCUT2D eigenvalue weighted by Gasteiger charge is 2.05. The smallest absolute Gasteiger partial charge is 0.160 e. The van der Waals surface area contributed by atoms with Crippen LogP contribution in [0.3, 0.4) is 0 Å². The monoisotopic (exact) mass is 182 g/mol. The molecule has 2 rings (SSSR count). The SMILES string of the molecule is NCc1cc2cc(F)c(F)cc2[nH]1. The summed E-state index contributed by atoms with van der Waals surface area (Å²) in [5, 5.41) is 0.638. The fraction of sp³-hybridized carbons (Fsp3) is 0.111. The zero-order valence-corrected chi connectivity index (χ0v) is 6.77. The maximum atomic E-state index is 12.7. The Bertz CT molecular complexity index is 409. The van der Waals surface area contributed by atoms with Gasteiger partial charge in [-0.1, -0.05) is 0 Å². The van der Waals surface area contributed by atoms with E-state index in [1.165, 1.54) is 0 Å². The van der Waals surface area contributed by atoms with Gasteiger partial charge in [0.05, 0.1) is 0 Å². The van der Waals surface area contributed by atoms with E-state index in [4.69, 9.17) is 5.73 Å². The first-order valence-corrected chi connectivity index (χ1v) is 3.87. The Morgan fingerprint density at radius 3 is 2.54 bits per heavy atom. The van der Waals surface area contributed by atoms with E-state index in [1.807, 2.05) is 0 Å². The lowest BCUT2D eigenvalue weighted by atomic mass is 10.2. The number of fused-ring (bicyclic) bond motifs is 1. The van der Waals surface area contributed by atoms with Gasteiger partial charge in [-0.05, 0) is 12.1 Å². The minimum absolute atomic E-state index is 0.331. The van der Waals surface area contributed by atoms with Crippen molar-refractivity contribution in [2.45, 2.75) is 6.54 Å². The molecule has 2 aromatic rings. The van der Waals surface area contributed by atoms with Crippen LogP contribution < -0.4 is 5.73 Å². The zero-order valence-electron chi connectivity index (χ0n) is 6.77. The first kappa shape index (κ1) is 8.19. The second-order valence-electron chi connectivity index (χ2n) is 2.85. The molecule has 13 heavy (non-hydrogen) atoms. The summed E-state index contributed by atoms with van der Waals surface area (Å²) in [6.45, 7) is 0.331. The molecule has 68 valence electrons. The summed E-state index contributed by atoms with van der Waals surface area (Å²) in [7, 11) is 0. The van der Waals surface area contributed by atoms with Crippen LogP contribution in [-0.2, 0) is 6.54 Å². The third kappa shape index (κ3) is 1.29. The Morgan fingerprint density at radius 2 is 1.85 bits per heavy atom. The van der Waals surface area contributed by atoms with E-state index in [-0.39, 0.29) is 0 Å². The number of aromatic nitrogens is 1. The molecule has 4 heteroatoms. The number of hydrogen-bond donors (Lipinski definition) is 2. The summed E-state index contributed by atoms with van der Waals surface area (Å²) < 4.78 is 25.5. The molecule has 1 heterocycles. The minimum atomic E-state index is -0.849. The van der Waals surface area contributed by atoms with Crippen molar-refractivity contribution in [3.63, 3.8) is 0 Å². The number of nitrogens with two attached hydrogens (primary N) is 1. The van der Waals surface area contributed by atoms with Gasteiger partial charge in [-0.3, -0.25) is 0 Å². The molecule has 1 aromatic heterocycles. The van der Waals surface area contributed by atoms with Gasteiger partial charge in [-0.25, -0.2) is 8.78 Å². The van der Waals surface area contributed by atoms with E-state index in [2.05, 4.69) is 4.98 Å². The second kappa shape index (κ2) is 2.81. The highest BCUT2D eigenvalue weighted by Crippen LogP contribution is 2.18. The molecule has 1 aromatic carbocycles. The Hall–Kier alpha value is -1.42. The third-order valence-electron chi connectivity index (χ3n) is 1.94. The molecule has 0 amide bonds. The average molecular weight is 182 g/mol. The van der Waals surface area contributed by atoms with E-state index in [0.717, 1.165) is 17.8 Å². The Labute approximate surface area is 73.4 Å². The van der Waals surface area contributed by atoms with Crippen LogP contribution in [0.2, 0.25) is 0 Å². The number of nitrogens with one attached hydrogen (secondary N) is 1. The summed E-state index contributed by atoms with van der Waals surface area (Å²) in [5.74, 6) is -1.69. The van der Waals surface area contributed by atoms with Crippen molar-refractivity contribution >= 4 is 10.9 Å². The quantitative estimate of drug-likeness (QED) is 0.694. The standard InChI is InChI=1S/C9H8F2N2/c10-7-2-5-1-6(4-12)13-9(5)3-8(7)11/h1-3,13H,4,12H2. The van der Waals surface area contributed by atoms with Gasteiger partial charge in [-0.15, -0.1) is 0 Å². The Morgan fingerprint density at radius 1 is 1.15 bits per heavy atom. The lowest BCUT2D eigenvalue weighted by molar-refractivity contribution is 0.511. The van der Waals surface area contributed by atoms with Gasteiger partial charge in [-0.2, -0.15) is 0 Å². The molecule has 0 atom stereocenters. The molecule has 0 fully saturated rings. The summed E-state index contributed by atoms with van der Waals surface area (Å²) in [4.78, 5) is 2.88. The van der Waals surface area contributed by atoms with Crippen LogP contribution in [0.5, 0.6) is 0 Å². The first-order valence-electron chi connectivity index (χ1n) is 3.87. The van der Waals surface area contributed by atoms with Crippen LogP contribution in [0.4, 0.5) is 8.78 Å². The van der Waals surface area contributed by atoms with Gasteiger partial charge < -0.3 is 10.7 Å². The fourth-order valence-electron chi connectivity index (χ4n) is 1.30. The average Bonchev–Trinajstić information content (AvgIpc) is 2.48. The molecular formula is C9H8F2N2. The second-order valence-corrected chi connectivity index (χ2v) is 2.85. The molecule has 0 radical (unpaired) electrons. The van der Waals surface area contributed by atoms with Crippen LogP contribution in [0, 0.1) is 11.6 Å². The molecule has 0 aliphatic carbocycles. The molecule has 0 spiro atoms. The summed E-state index contributed by atoms with van der Waals surface area (Å²) >= 11 is 0. The Balaban J connectivity index is 2.70. The van der Waals surface area contributed by atoms with Gasteiger partial charge in [0, 0.05) is 29.2 Å². The van der Waals surface area contributed by atoms with Gasteiger partial charge in [0.2, 0.25) is 0 Å². The number of aromatic amines is 1. The molecular weight excluding hydrogens is 174 g/mol. The Kier molecular flexibility index (Phi) is 1.77. The van der Waals surface area contributed by atoms with Gasteiger partial charge in [0.1, 0.15) is 0 Å². The van der Waals surface area contributed by atoms with Crippen molar-refractivity contribution in [2.75, 3.05) is 0 Å². The van der Waals surface area contributed by atoms with Crippen molar-refractivity contribution < 1.29 is 8.78 Å². The lowest BCUT2D eigenvalue weighted by Crippen LogP contribution is -1.94. The first-order chi connectivity index (χ1) is 6.20. The lowest BCUT2D eigenvalue weighted by Gasteiger charge is -1.91. The van der Waals surface area contributed by atoms with Crippen LogP contribution in [-0.4, -0.2) is 4.98 Å². The van der Waals surface area contributed by atoms with Crippen molar-refractivity contribution in [3.8, 4) is 0 Å². The topological polar surface area (TPSA) is 41.8 Å². The highest BCUT2D eigenvalue weighted by molar-refractivity contribution is 5.80. The molecule has 0 unspecified atom stereocenters. The molecule has 0 aliphatic rings. The van der Waals surface area contributed by atoms with E-state index in [0.29, 0.717) is 17.4 Å². The molecule has 2 nitrogen and oxygen atoms in total. The number of H-pyrrole nitrogens is 1.